The maximum absolute atomic E-state index is 12.3. The molecule has 0 radical (unpaired) electrons. The van der Waals surface area contributed by atoms with Crippen molar-refractivity contribution < 1.29 is 19.1 Å². The molecule has 0 amide bonds. The highest BCUT2D eigenvalue weighted by Crippen LogP contribution is 2.16. The van der Waals surface area contributed by atoms with E-state index in [1.807, 2.05) is 6.07 Å². The van der Waals surface area contributed by atoms with Crippen molar-refractivity contribution in [2.45, 2.75) is 26.7 Å². The van der Waals surface area contributed by atoms with E-state index in [0.29, 0.717) is 18.3 Å². The summed E-state index contributed by atoms with van der Waals surface area (Å²) in [5.41, 5.74) is 0.429. The average molecular weight is 326 g/mol. The molecule has 0 saturated carbocycles. The van der Waals surface area contributed by atoms with Crippen LogP contribution in [0.5, 0.6) is 5.75 Å². The minimum absolute atomic E-state index is 0.204. The molecule has 4 nitrogen and oxygen atoms in total. The van der Waals surface area contributed by atoms with E-state index in [1.165, 1.54) is 0 Å². The molecule has 4 heteroatoms. The molecule has 0 aliphatic rings. The number of benzene rings is 2. The Balaban J connectivity index is 2.03. The zero-order chi connectivity index (χ0) is 17.4. The van der Waals surface area contributed by atoms with Crippen molar-refractivity contribution in [3.8, 4) is 5.75 Å². The van der Waals surface area contributed by atoms with Crippen LogP contribution in [0.3, 0.4) is 0 Å². The molecular weight excluding hydrogens is 304 g/mol. The molecule has 0 aliphatic heterocycles. The summed E-state index contributed by atoms with van der Waals surface area (Å²) in [5.74, 6) is -0.0743. The molecule has 0 unspecified atom stereocenters. The van der Waals surface area contributed by atoms with Gasteiger partial charge in [-0.05, 0) is 43.0 Å². The molecule has 2 aromatic carbocycles. The molecule has 0 fully saturated rings. The van der Waals surface area contributed by atoms with Crippen molar-refractivity contribution in [2.75, 3.05) is 6.61 Å². The number of rotatable bonds is 7. The second-order valence-electron chi connectivity index (χ2n) is 5.92. The highest BCUT2D eigenvalue weighted by molar-refractivity contribution is 6.03. The smallest absolute Gasteiger partial charge is 0.344 e. The number of esters is 2. The molecule has 2 aromatic rings. The summed E-state index contributed by atoms with van der Waals surface area (Å²) in [6.45, 7) is 4.59. The van der Waals surface area contributed by atoms with Crippen LogP contribution in [0.2, 0.25) is 0 Å². The largest absolute Gasteiger partial charge is 0.462 e. The first-order valence-electron chi connectivity index (χ1n) is 8.11. The van der Waals surface area contributed by atoms with E-state index in [9.17, 15) is 9.59 Å². The Kier molecular flexibility index (Phi) is 6.55. The second kappa shape index (κ2) is 8.87. The van der Waals surface area contributed by atoms with E-state index in [4.69, 9.17) is 9.47 Å². The Hall–Kier alpha value is -2.62. The minimum Gasteiger partial charge on any atom is -0.462 e. The standard InChI is InChI=1S/C20H22O4/c1-15(2)9-8-14-23-19(21)17-12-6-7-13-18(17)20(22)24-16-10-4-3-5-11-16/h3-7,10-13,15H,8-9,14H2,1-2H3. The number of para-hydroxylation sites is 1. The van der Waals surface area contributed by atoms with Crippen molar-refractivity contribution in [1.29, 1.82) is 0 Å². The molecule has 0 aliphatic carbocycles. The van der Waals surface area contributed by atoms with Gasteiger partial charge in [0.15, 0.2) is 0 Å². The number of carbonyl (C=O) groups excluding carboxylic acids is 2. The number of hydrogen-bond donors (Lipinski definition) is 0. The van der Waals surface area contributed by atoms with Gasteiger partial charge in [0.2, 0.25) is 0 Å². The summed E-state index contributed by atoms with van der Waals surface area (Å²) >= 11 is 0. The molecule has 0 atom stereocenters. The second-order valence-corrected chi connectivity index (χ2v) is 5.92. The first kappa shape index (κ1) is 17.7. The zero-order valence-electron chi connectivity index (χ0n) is 14.0. The monoisotopic (exact) mass is 326 g/mol. The van der Waals surface area contributed by atoms with Gasteiger partial charge in [-0.25, -0.2) is 9.59 Å². The molecule has 0 bridgehead atoms. The lowest BCUT2D eigenvalue weighted by Crippen LogP contribution is -2.16. The lowest BCUT2D eigenvalue weighted by atomic mass is 10.1. The highest BCUT2D eigenvalue weighted by atomic mass is 16.5. The van der Waals surface area contributed by atoms with Crippen LogP contribution in [0.15, 0.2) is 54.6 Å². The fourth-order valence-electron chi connectivity index (χ4n) is 2.22. The summed E-state index contributed by atoms with van der Waals surface area (Å²) in [6, 6.07) is 15.3. The summed E-state index contributed by atoms with van der Waals surface area (Å²) in [5, 5.41) is 0. The normalized spacial score (nSPS) is 10.5. The quantitative estimate of drug-likeness (QED) is 0.427. The molecule has 0 heterocycles. The van der Waals surface area contributed by atoms with Crippen LogP contribution in [-0.2, 0) is 4.74 Å². The van der Waals surface area contributed by atoms with Crippen molar-refractivity contribution >= 4 is 11.9 Å². The van der Waals surface area contributed by atoms with Crippen LogP contribution in [0.4, 0.5) is 0 Å². The van der Waals surface area contributed by atoms with Gasteiger partial charge >= 0.3 is 11.9 Å². The fraction of sp³-hybridized carbons (Fsp3) is 0.300. The van der Waals surface area contributed by atoms with E-state index >= 15 is 0 Å². The van der Waals surface area contributed by atoms with Gasteiger partial charge in [0, 0.05) is 0 Å². The van der Waals surface area contributed by atoms with Crippen molar-refractivity contribution in [1.82, 2.24) is 0 Å². The van der Waals surface area contributed by atoms with Gasteiger partial charge < -0.3 is 9.47 Å². The van der Waals surface area contributed by atoms with Crippen molar-refractivity contribution in [3.05, 3.63) is 65.7 Å². The van der Waals surface area contributed by atoms with Crippen molar-refractivity contribution in [2.24, 2.45) is 5.92 Å². The molecule has 126 valence electrons. The van der Waals surface area contributed by atoms with Gasteiger partial charge in [-0.15, -0.1) is 0 Å². The average Bonchev–Trinajstić information content (AvgIpc) is 2.59. The van der Waals surface area contributed by atoms with Crippen LogP contribution in [-0.4, -0.2) is 18.5 Å². The fourth-order valence-corrected chi connectivity index (χ4v) is 2.22. The Labute approximate surface area is 142 Å². The topological polar surface area (TPSA) is 52.6 Å². The predicted molar refractivity (Wildman–Crippen MR) is 92.2 cm³/mol. The van der Waals surface area contributed by atoms with Gasteiger partial charge in [0.05, 0.1) is 17.7 Å². The third-order valence-corrected chi connectivity index (χ3v) is 3.48. The number of carbonyl (C=O) groups is 2. The van der Waals surface area contributed by atoms with Gasteiger partial charge in [-0.3, -0.25) is 0 Å². The highest BCUT2D eigenvalue weighted by Gasteiger charge is 2.19. The van der Waals surface area contributed by atoms with Gasteiger partial charge in [-0.2, -0.15) is 0 Å². The maximum Gasteiger partial charge on any atom is 0.344 e. The molecule has 0 aromatic heterocycles. The van der Waals surface area contributed by atoms with E-state index in [-0.39, 0.29) is 11.1 Å². The third kappa shape index (κ3) is 5.23. The van der Waals surface area contributed by atoms with E-state index in [1.54, 1.807) is 48.5 Å². The predicted octanol–water partition coefficient (Wildman–Crippen LogP) is 4.50. The maximum atomic E-state index is 12.3. The SMILES string of the molecule is CC(C)CCCOC(=O)c1ccccc1C(=O)Oc1ccccc1. The van der Waals surface area contributed by atoms with E-state index in [2.05, 4.69) is 13.8 Å². The van der Waals surface area contributed by atoms with E-state index < -0.39 is 11.9 Å². The zero-order valence-corrected chi connectivity index (χ0v) is 14.0. The van der Waals surface area contributed by atoms with Crippen LogP contribution in [0.25, 0.3) is 0 Å². The van der Waals surface area contributed by atoms with Crippen LogP contribution in [0, 0.1) is 5.92 Å². The Bertz CT molecular complexity index is 677. The Morgan fingerprint density at radius 1 is 0.875 bits per heavy atom. The van der Waals surface area contributed by atoms with Crippen molar-refractivity contribution in [3.63, 3.8) is 0 Å². The number of hydrogen-bond acceptors (Lipinski definition) is 4. The molecule has 0 spiro atoms. The summed E-state index contributed by atoms with van der Waals surface area (Å²) in [7, 11) is 0. The summed E-state index contributed by atoms with van der Waals surface area (Å²) < 4.78 is 10.6. The minimum atomic E-state index is -0.573. The molecular formula is C20H22O4. The summed E-state index contributed by atoms with van der Waals surface area (Å²) in [6.07, 6.45) is 1.80. The van der Waals surface area contributed by atoms with Crippen LogP contribution < -0.4 is 4.74 Å². The lowest BCUT2D eigenvalue weighted by Gasteiger charge is -2.10. The van der Waals surface area contributed by atoms with Gasteiger partial charge in [-0.1, -0.05) is 44.2 Å². The van der Waals surface area contributed by atoms with Crippen LogP contribution in [0.1, 0.15) is 47.4 Å². The van der Waals surface area contributed by atoms with Crippen LogP contribution >= 0.6 is 0 Å². The van der Waals surface area contributed by atoms with Gasteiger partial charge in [0.1, 0.15) is 5.75 Å². The molecule has 2 rings (SSSR count). The van der Waals surface area contributed by atoms with Gasteiger partial charge in [0.25, 0.3) is 0 Å². The summed E-state index contributed by atoms with van der Waals surface area (Å²) in [4.78, 5) is 24.6. The Morgan fingerprint density at radius 2 is 1.46 bits per heavy atom. The molecule has 0 saturated heterocycles. The number of ether oxygens (including phenoxy) is 2. The first-order chi connectivity index (χ1) is 11.6. The molecule has 24 heavy (non-hydrogen) atoms. The Morgan fingerprint density at radius 3 is 2.08 bits per heavy atom. The van der Waals surface area contributed by atoms with E-state index in [0.717, 1.165) is 12.8 Å². The molecule has 0 N–H and O–H groups in total. The first-order valence-corrected chi connectivity index (χ1v) is 8.11. The third-order valence-electron chi connectivity index (χ3n) is 3.48. The lowest BCUT2D eigenvalue weighted by molar-refractivity contribution is 0.0486.